The van der Waals surface area contributed by atoms with E-state index >= 15 is 0 Å². The van der Waals surface area contributed by atoms with Gasteiger partial charge in [0.1, 0.15) is 5.82 Å². The minimum absolute atomic E-state index is 0.464. The molecule has 7 nitrogen and oxygen atoms in total. The van der Waals surface area contributed by atoms with E-state index in [1.165, 1.54) is 4.88 Å². The molecule has 0 fully saturated rings. The number of nitrogens with zero attached hydrogens (tertiary/aromatic N) is 5. The number of aryl methyl sites for hydroxylation is 2. The molecule has 0 aliphatic carbocycles. The van der Waals surface area contributed by atoms with E-state index in [4.69, 9.17) is 4.52 Å². The van der Waals surface area contributed by atoms with Crippen LogP contribution in [0, 0.1) is 13.8 Å². The number of fused-ring (bicyclic) bond motifs is 1. The van der Waals surface area contributed by atoms with Crippen LogP contribution in [-0.4, -0.2) is 24.7 Å². The van der Waals surface area contributed by atoms with Gasteiger partial charge in [0, 0.05) is 22.7 Å². The highest BCUT2D eigenvalue weighted by atomic mass is 32.1. The van der Waals surface area contributed by atoms with Crippen LogP contribution in [0.1, 0.15) is 28.0 Å². The Hall–Kier alpha value is -2.74. The van der Waals surface area contributed by atoms with E-state index in [-0.39, 0.29) is 0 Å². The maximum absolute atomic E-state index is 5.31. The molecule has 4 rings (SSSR count). The third-order valence-electron chi connectivity index (χ3n) is 3.52. The highest BCUT2D eigenvalue weighted by Gasteiger charge is 2.10. The second-order valence-corrected chi connectivity index (χ2v) is 6.58. The lowest BCUT2D eigenvalue weighted by Crippen LogP contribution is -2.07. The lowest BCUT2D eigenvalue weighted by Gasteiger charge is -2.07. The summed E-state index contributed by atoms with van der Waals surface area (Å²) in [4.78, 5) is 10.1. The van der Waals surface area contributed by atoms with Crippen LogP contribution in [0.2, 0.25) is 0 Å². The predicted molar refractivity (Wildman–Crippen MR) is 91.2 cm³/mol. The monoisotopic (exact) mass is 340 g/mol. The van der Waals surface area contributed by atoms with Crippen molar-refractivity contribution < 1.29 is 4.52 Å². The van der Waals surface area contributed by atoms with Gasteiger partial charge >= 0.3 is 0 Å². The Morgan fingerprint density at radius 2 is 2.12 bits per heavy atom. The molecule has 0 spiro atoms. The predicted octanol–water partition coefficient (Wildman–Crippen LogP) is 2.99. The van der Waals surface area contributed by atoms with Gasteiger partial charge in [0.15, 0.2) is 11.5 Å². The van der Waals surface area contributed by atoms with Gasteiger partial charge in [-0.3, -0.25) is 0 Å². The number of aromatic nitrogens is 5. The summed E-state index contributed by atoms with van der Waals surface area (Å²) in [5, 5.41) is 13.8. The van der Waals surface area contributed by atoms with Crippen molar-refractivity contribution in [3.63, 3.8) is 0 Å². The second kappa shape index (κ2) is 6.04. The summed E-state index contributed by atoms with van der Waals surface area (Å²) in [5.41, 5.74) is 2.67. The van der Waals surface area contributed by atoms with Crippen LogP contribution in [0.25, 0.3) is 5.65 Å². The van der Waals surface area contributed by atoms with E-state index in [2.05, 4.69) is 31.6 Å². The molecule has 0 unspecified atom stereocenters. The third-order valence-corrected chi connectivity index (χ3v) is 4.40. The van der Waals surface area contributed by atoms with Crippen LogP contribution in [0.4, 0.5) is 5.82 Å². The van der Waals surface area contributed by atoms with E-state index in [1.807, 2.05) is 37.4 Å². The molecular weight excluding hydrogens is 324 g/mol. The fourth-order valence-electron chi connectivity index (χ4n) is 2.51. The molecule has 4 aromatic heterocycles. The van der Waals surface area contributed by atoms with Gasteiger partial charge in [0.25, 0.3) is 0 Å². The highest BCUT2D eigenvalue weighted by Crippen LogP contribution is 2.16. The minimum Gasteiger partial charge on any atom is -0.362 e. The van der Waals surface area contributed by atoms with Gasteiger partial charge in [-0.1, -0.05) is 11.2 Å². The molecule has 4 aromatic rings. The van der Waals surface area contributed by atoms with Gasteiger partial charge in [-0.15, -0.1) is 11.3 Å². The summed E-state index contributed by atoms with van der Waals surface area (Å²) in [6.45, 7) is 4.37. The average molecular weight is 340 g/mol. The quantitative estimate of drug-likeness (QED) is 0.601. The molecule has 8 heteroatoms. The summed E-state index contributed by atoms with van der Waals surface area (Å²) in [6.07, 6.45) is 0.668. The Labute approximate surface area is 142 Å². The summed E-state index contributed by atoms with van der Waals surface area (Å²) < 4.78 is 7.10. The first kappa shape index (κ1) is 14.8. The topological polar surface area (TPSA) is 81.1 Å². The summed E-state index contributed by atoms with van der Waals surface area (Å²) in [7, 11) is 0. The molecular formula is C16H16N6OS. The van der Waals surface area contributed by atoms with Crippen molar-refractivity contribution in [1.82, 2.24) is 24.7 Å². The van der Waals surface area contributed by atoms with Crippen molar-refractivity contribution in [2.24, 2.45) is 0 Å². The molecule has 122 valence electrons. The Bertz CT molecular complexity index is 972. The molecule has 0 saturated carbocycles. The number of anilines is 1. The van der Waals surface area contributed by atoms with E-state index in [0.717, 1.165) is 22.9 Å². The fourth-order valence-corrected chi connectivity index (χ4v) is 3.20. The first-order valence-electron chi connectivity index (χ1n) is 7.59. The number of hydrogen-bond acceptors (Lipinski definition) is 7. The molecule has 24 heavy (non-hydrogen) atoms. The van der Waals surface area contributed by atoms with E-state index in [1.54, 1.807) is 15.9 Å². The Morgan fingerprint density at radius 1 is 1.21 bits per heavy atom. The normalized spacial score (nSPS) is 11.2. The number of thiophene rings is 1. The molecule has 0 aliphatic rings. The maximum Gasteiger partial charge on any atom is 0.231 e. The van der Waals surface area contributed by atoms with Crippen molar-refractivity contribution >= 4 is 22.8 Å². The Morgan fingerprint density at radius 3 is 2.96 bits per heavy atom. The molecule has 0 aromatic carbocycles. The highest BCUT2D eigenvalue weighted by molar-refractivity contribution is 7.09. The zero-order valence-corrected chi connectivity index (χ0v) is 14.2. The van der Waals surface area contributed by atoms with Crippen molar-refractivity contribution in [2.45, 2.75) is 26.8 Å². The summed E-state index contributed by atoms with van der Waals surface area (Å²) >= 11 is 1.68. The molecule has 0 amide bonds. The SMILES string of the molecule is Cc1cc(NCc2noc(Cc3cccs3)n2)n2nc(C)cc2n1. The van der Waals surface area contributed by atoms with E-state index in [0.29, 0.717) is 24.7 Å². The molecule has 0 radical (unpaired) electrons. The van der Waals surface area contributed by atoms with Crippen LogP contribution in [-0.2, 0) is 13.0 Å². The number of rotatable bonds is 5. The standard InChI is InChI=1S/C16H16N6OS/c1-10-6-14(22-15(18-10)7-11(2)20-22)17-9-13-19-16(23-21-13)8-12-4-3-5-24-12/h3-7,17H,8-9H2,1-2H3. The van der Waals surface area contributed by atoms with Gasteiger partial charge in [0.2, 0.25) is 5.89 Å². The third kappa shape index (κ3) is 3.00. The Balaban J connectivity index is 1.50. The van der Waals surface area contributed by atoms with Crippen molar-refractivity contribution in [1.29, 1.82) is 0 Å². The average Bonchev–Trinajstić information content (AvgIpc) is 3.26. The van der Waals surface area contributed by atoms with Gasteiger partial charge in [-0.25, -0.2) is 4.98 Å². The van der Waals surface area contributed by atoms with Crippen LogP contribution < -0.4 is 5.32 Å². The minimum atomic E-state index is 0.464. The van der Waals surface area contributed by atoms with Gasteiger partial charge < -0.3 is 9.84 Å². The summed E-state index contributed by atoms with van der Waals surface area (Å²) in [6, 6.07) is 7.98. The van der Waals surface area contributed by atoms with Gasteiger partial charge in [0.05, 0.1) is 18.7 Å². The van der Waals surface area contributed by atoms with E-state index in [9.17, 15) is 0 Å². The largest absolute Gasteiger partial charge is 0.362 e. The molecule has 0 atom stereocenters. The number of hydrogen-bond donors (Lipinski definition) is 1. The summed E-state index contributed by atoms with van der Waals surface area (Å²) in [5.74, 6) is 2.10. The first-order valence-corrected chi connectivity index (χ1v) is 8.47. The van der Waals surface area contributed by atoms with E-state index < -0.39 is 0 Å². The Kier molecular flexibility index (Phi) is 3.73. The fraction of sp³-hybridized carbons (Fsp3) is 0.250. The van der Waals surface area contributed by atoms with Crippen LogP contribution in [0.3, 0.4) is 0 Å². The maximum atomic E-state index is 5.31. The number of nitrogens with one attached hydrogen (secondary N) is 1. The van der Waals surface area contributed by atoms with Crippen molar-refractivity contribution in [3.05, 3.63) is 57.6 Å². The lowest BCUT2D eigenvalue weighted by atomic mass is 10.3. The van der Waals surface area contributed by atoms with Crippen LogP contribution in [0.5, 0.6) is 0 Å². The van der Waals surface area contributed by atoms with Crippen molar-refractivity contribution in [3.8, 4) is 0 Å². The van der Waals surface area contributed by atoms with Crippen LogP contribution in [0.15, 0.2) is 34.2 Å². The zero-order chi connectivity index (χ0) is 16.5. The van der Waals surface area contributed by atoms with Crippen LogP contribution >= 0.6 is 11.3 Å². The molecule has 0 saturated heterocycles. The first-order chi connectivity index (χ1) is 11.7. The molecule has 0 aliphatic heterocycles. The second-order valence-electron chi connectivity index (χ2n) is 5.55. The van der Waals surface area contributed by atoms with Crippen molar-refractivity contribution in [2.75, 3.05) is 5.32 Å². The molecule has 4 heterocycles. The molecule has 0 bridgehead atoms. The smallest absolute Gasteiger partial charge is 0.231 e. The van der Waals surface area contributed by atoms with Gasteiger partial charge in [-0.2, -0.15) is 14.6 Å². The molecule has 1 N–H and O–H groups in total. The zero-order valence-electron chi connectivity index (χ0n) is 13.4. The van der Waals surface area contributed by atoms with Gasteiger partial charge in [-0.05, 0) is 25.3 Å². The lowest BCUT2D eigenvalue weighted by molar-refractivity contribution is 0.380.